The van der Waals surface area contributed by atoms with Crippen molar-refractivity contribution < 1.29 is 0 Å². The molecule has 0 saturated carbocycles. The number of nitrogens with zero attached hydrogens (tertiary/aromatic N) is 2. The van der Waals surface area contributed by atoms with Crippen LogP contribution in [0, 0.1) is 0 Å². The third-order valence-electron chi connectivity index (χ3n) is 3.74. The second-order valence-electron chi connectivity index (χ2n) is 5.21. The van der Waals surface area contributed by atoms with Crippen molar-refractivity contribution in [2.75, 3.05) is 23.7 Å². The zero-order chi connectivity index (χ0) is 13.7. The van der Waals surface area contributed by atoms with Gasteiger partial charge < -0.3 is 10.2 Å². The number of hydrogen-bond donors (Lipinski definition) is 1. The van der Waals surface area contributed by atoms with Crippen molar-refractivity contribution in [3.8, 4) is 0 Å². The second kappa shape index (κ2) is 7.15. The minimum atomic E-state index is 0.565. The lowest BCUT2D eigenvalue weighted by molar-refractivity contribution is 0.619. The highest BCUT2D eigenvalue weighted by molar-refractivity contribution is 8.00. The van der Waals surface area contributed by atoms with Gasteiger partial charge in [-0.3, -0.25) is 0 Å². The molecule has 3 nitrogen and oxygen atoms in total. The van der Waals surface area contributed by atoms with Crippen LogP contribution in [-0.2, 0) is 6.54 Å². The van der Waals surface area contributed by atoms with E-state index in [1.54, 1.807) is 0 Å². The largest absolute Gasteiger partial charge is 0.352 e. The highest BCUT2D eigenvalue weighted by Gasteiger charge is 2.25. The Morgan fingerprint density at radius 3 is 2.95 bits per heavy atom. The summed E-state index contributed by atoms with van der Waals surface area (Å²) in [6.45, 7) is 9.89. The lowest BCUT2D eigenvalue weighted by Gasteiger charge is -2.38. The standard InChI is InChI=1S/C15H25N3S/c1-4-7-16-10-14-5-6-15(17-11-14)18-8-9-19-13(3)12(18)2/h5-6,11-13,16H,4,7-10H2,1-3H3. The molecule has 19 heavy (non-hydrogen) atoms. The molecule has 2 heterocycles. The smallest absolute Gasteiger partial charge is 0.128 e. The molecule has 1 fully saturated rings. The summed E-state index contributed by atoms with van der Waals surface area (Å²) in [7, 11) is 0. The molecule has 2 atom stereocenters. The fraction of sp³-hybridized carbons (Fsp3) is 0.667. The molecule has 1 aliphatic rings. The number of anilines is 1. The Bertz CT molecular complexity index is 379. The first-order valence-corrected chi connectivity index (χ1v) is 8.31. The number of thioether (sulfide) groups is 1. The van der Waals surface area contributed by atoms with Gasteiger partial charge in [-0.1, -0.05) is 19.9 Å². The van der Waals surface area contributed by atoms with Crippen molar-refractivity contribution in [3.05, 3.63) is 23.9 Å². The Hall–Kier alpha value is -0.740. The van der Waals surface area contributed by atoms with Gasteiger partial charge in [0.15, 0.2) is 0 Å². The Labute approximate surface area is 121 Å². The van der Waals surface area contributed by atoms with E-state index in [0.717, 1.165) is 25.5 Å². The van der Waals surface area contributed by atoms with Gasteiger partial charge >= 0.3 is 0 Å². The molecule has 2 rings (SSSR count). The zero-order valence-electron chi connectivity index (χ0n) is 12.2. The summed E-state index contributed by atoms with van der Waals surface area (Å²) in [5.74, 6) is 2.33. The van der Waals surface area contributed by atoms with Crippen LogP contribution in [0.3, 0.4) is 0 Å². The molecule has 0 aromatic carbocycles. The molecule has 0 bridgehead atoms. The van der Waals surface area contributed by atoms with Crippen LogP contribution in [0.25, 0.3) is 0 Å². The van der Waals surface area contributed by atoms with Gasteiger partial charge in [0.05, 0.1) is 0 Å². The lowest BCUT2D eigenvalue weighted by Crippen LogP contribution is -2.45. The van der Waals surface area contributed by atoms with Crippen LogP contribution in [0.4, 0.5) is 5.82 Å². The molecule has 1 aliphatic heterocycles. The zero-order valence-corrected chi connectivity index (χ0v) is 13.0. The van der Waals surface area contributed by atoms with Gasteiger partial charge in [-0.05, 0) is 31.5 Å². The van der Waals surface area contributed by atoms with Crippen molar-refractivity contribution in [3.63, 3.8) is 0 Å². The van der Waals surface area contributed by atoms with Crippen LogP contribution in [-0.4, -0.2) is 35.1 Å². The van der Waals surface area contributed by atoms with Crippen LogP contribution < -0.4 is 10.2 Å². The molecule has 0 aliphatic carbocycles. The highest BCUT2D eigenvalue weighted by Crippen LogP contribution is 2.27. The number of hydrogen-bond acceptors (Lipinski definition) is 4. The summed E-state index contributed by atoms with van der Waals surface area (Å²) in [5, 5.41) is 4.09. The van der Waals surface area contributed by atoms with Crippen LogP contribution in [0.5, 0.6) is 0 Å². The number of nitrogens with one attached hydrogen (secondary N) is 1. The van der Waals surface area contributed by atoms with Gasteiger partial charge in [0.25, 0.3) is 0 Å². The Kier molecular flexibility index (Phi) is 5.52. The molecule has 1 aromatic heterocycles. The topological polar surface area (TPSA) is 28.2 Å². The maximum atomic E-state index is 4.64. The summed E-state index contributed by atoms with van der Waals surface area (Å²) in [6.07, 6.45) is 3.18. The lowest BCUT2D eigenvalue weighted by atomic mass is 10.2. The van der Waals surface area contributed by atoms with Crippen molar-refractivity contribution in [1.29, 1.82) is 0 Å². The molecule has 1 N–H and O–H groups in total. The Balaban J connectivity index is 1.97. The normalized spacial score (nSPS) is 23.6. The van der Waals surface area contributed by atoms with Crippen molar-refractivity contribution in [1.82, 2.24) is 10.3 Å². The molecule has 0 spiro atoms. The van der Waals surface area contributed by atoms with Crippen molar-refractivity contribution in [2.24, 2.45) is 0 Å². The minimum absolute atomic E-state index is 0.565. The van der Waals surface area contributed by atoms with Gasteiger partial charge in [-0.2, -0.15) is 11.8 Å². The van der Waals surface area contributed by atoms with Gasteiger partial charge in [0, 0.05) is 36.3 Å². The van der Waals surface area contributed by atoms with Gasteiger partial charge in [0.2, 0.25) is 0 Å². The van der Waals surface area contributed by atoms with E-state index in [1.165, 1.54) is 17.7 Å². The summed E-state index contributed by atoms with van der Waals surface area (Å²) < 4.78 is 0. The van der Waals surface area contributed by atoms with E-state index >= 15 is 0 Å². The fourth-order valence-electron chi connectivity index (χ4n) is 2.36. The average molecular weight is 279 g/mol. The van der Waals surface area contributed by atoms with Crippen LogP contribution in [0.1, 0.15) is 32.8 Å². The number of pyridine rings is 1. The van der Waals surface area contributed by atoms with E-state index in [1.807, 2.05) is 6.20 Å². The molecular formula is C15H25N3S. The Morgan fingerprint density at radius 1 is 1.42 bits per heavy atom. The van der Waals surface area contributed by atoms with Crippen molar-refractivity contribution in [2.45, 2.75) is 45.0 Å². The molecule has 0 radical (unpaired) electrons. The van der Waals surface area contributed by atoms with E-state index in [0.29, 0.717) is 11.3 Å². The first-order chi connectivity index (χ1) is 9.22. The number of rotatable bonds is 5. The third kappa shape index (κ3) is 3.86. The summed E-state index contributed by atoms with van der Waals surface area (Å²) in [4.78, 5) is 7.08. The van der Waals surface area contributed by atoms with Gasteiger partial charge in [-0.15, -0.1) is 0 Å². The predicted molar refractivity (Wildman–Crippen MR) is 85.0 cm³/mol. The maximum Gasteiger partial charge on any atom is 0.128 e. The quantitative estimate of drug-likeness (QED) is 0.839. The summed E-state index contributed by atoms with van der Waals surface area (Å²) in [6, 6.07) is 4.93. The van der Waals surface area contributed by atoms with E-state index in [9.17, 15) is 0 Å². The van der Waals surface area contributed by atoms with E-state index in [2.05, 4.69) is 59.9 Å². The van der Waals surface area contributed by atoms with E-state index < -0.39 is 0 Å². The van der Waals surface area contributed by atoms with Crippen LogP contribution in [0.15, 0.2) is 18.3 Å². The number of aromatic nitrogens is 1. The minimum Gasteiger partial charge on any atom is -0.352 e. The third-order valence-corrected chi connectivity index (χ3v) is 5.08. The first-order valence-electron chi connectivity index (χ1n) is 7.26. The second-order valence-corrected chi connectivity index (χ2v) is 6.70. The fourth-order valence-corrected chi connectivity index (χ4v) is 3.46. The molecule has 1 aromatic rings. The molecule has 0 amide bonds. The average Bonchev–Trinajstić information content (AvgIpc) is 2.43. The Morgan fingerprint density at radius 2 is 2.26 bits per heavy atom. The predicted octanol–water partition coefficient (Wildman–Crippen LogP) is 2.91. The van der Waals surface area contributed by atoms with Crippen LogP contribution in [0.2, 0.25) is 0 Å². The summed E-state index contributed by atoms with van der Waals surface area (Å²) >= 11 is 2.06. The van der Waals surface area contributed by atoms with Crippen molar-refractivity contribution >= 4 is 17.6 Å². The summed E-state index contributed by atoms with van der Waals surface area (Å²) in [5.41, 5.74) is 1.27. The SMILES string of the molecule is CCCNCc1ccc(N2CCSC(C)C2C)nc1. The molecule has 2 unspecified atom stereocenters. The molecule has 4 heteroatoms. The molecule has 106 valence electrons. The van der Waals surface area contributed by atoms with Gasteiger partial charge in [-0.25, -0.2) is 4.98 Å². The van der Waals surface area contributed by atoms with E-state index in [4.69, 9.17) is 0 Å². The van der Waals surface area contributed by atoms with E-state index in [-0.39, 0.29) is 0 Å². The van der Waals surface area contributed by atoms with Crippen LogP contribution >= 0.6 is 11.8 Å². The van der Waals surface area contributed by atoms with Gasteiger partial charge in [0.1, 0.15) is 5.82 Å². The highest BCUT2D eigenvalue weighted by atomic mass is 32.2. The monoisotopic (exact) mass is 279 g/mol. The molecular weight excluding hydrogens is 254 g/mol. The molecule has 1 saturated heterocycles. The maximum absolute atomic E-state index is 4.64. The first kappa shape index (κ1) is 14.7.